The fourth-order valence-electron chi connectivity index (χ4n) is 4.14. The van der Waals surface area contributed by atoms with Gasteiger partial charge in [0.1, 0.15) is 28.4 Å². The van der Waals surface area contributed by atoms with Crippen LogP contribution in [0, 0.1) is 10.8 Å². The number of rotatable bonds is 7. The number of nitrogens with one attached hydrogen (secondary N) is 3. The van der Waals surface area contributed by atoms with E-state index in [1.54, 1.807) is 25.2 Å². The number of carbonyl (C=O) groups excluding carboxylic acids is 1. The van der Waals surface area contributed by atoms with E-state index in [1.807, 2.05) is 74.1 Å². The van der Waals surface area contributed by atoms with E-state index in [0.717, 1.165) is 11.4 Å². The van der Waals surface area contributed by atoms with Crippen molar-refractivity contribution in [1.29, 1.82) is 5.41 Å². The van der Waals surface area contributed by atoms with E-state index >= 15 is 0 Å². The minimum Gasteiger partial charge on any atom is -0.497 e. The number of nitrogens with zero attached hydrogens (tertiary/aromatic N) is 3. The molecule has 12 heteroatoms. The van der Waals surface area contributed by atoms with Crippen LogP contribution in [0.1, 0.15) is 27.2 Å². The molecule has 3 aliphatic rings. The van der Waals surface area contributed by atoms with Crippen molar-refractivity contribution in [2.45, 2.75) is 39.0 Å². The van der Waals surface area contributed by atoms with Gasteiger partial charge in [-0.1, -0.05) is 17.8 Å². The van der Waals surface area contributed by atoms with Crippen LogP contribution in [-0.2, 0) is 12.6 Å². The highest BCUT2D eigenvalue weighted by molar-refractivity contribution is 14.1. The molecule has 0 radical (unpaired) electrons. The van der Waals surface area contributed by atoms with Gasteiger partial charge in [0.15, 0.2) is 34.3 Å². The van der Waals surface area contributed by atoms with Crippen molar-refractivity contribution >= 4 is 63.1 Å². The number of hydrogen-bond acceptors (Lipinski definition) is 9. The topological polar surface area (TPSA) is 121 Å². The molecule has 0 spiro atoms. The third-order valence-electron chi connectivity index (χ3n) is 6.81. The minimum atomic E-state index is -0.718. The number of methoxy groups -OCH3 is 2. The third-order valence-corrected chi connectivity index (χ3v) is 8.27. The summed E-state index contributed by atoms with van der Waals surface area (Å²) in [5, 5.41) is 17.0. The fourth-order valence-corrected chi connectivity index (χ4v) is 5.28. The van der Waals surface area contributed by atoms with Crippen molar-refractivity contribution in [3.8, 4) is 5.75 Å². The van der Waals surface area contributed by atoms with Crippen molar-refractivity contribution in [1.82, 2.24) is 10.7 Å². The molecule has 4 rings (SSSR count). The van der Waals surface area contributed by atoms with Crippen LogP contribution in [0.5, 0.6) is 5.75 Å². The maximum absolute atomic E-state index is 13.0. The summed E-state index contributed by atoms with van der Waals surface area (Å²) < 4.78 is 16.4. The first-order chi connectivity index (χ1) is 17.2. The van der Waals surface area contributed by atoms with Gasteiger partial charge in [-0.25, -0.2) is 4.99 Å². The van der Waals surface area contributed by atoms with Crippen LogP contribution < -0.4 is 20.4 Å². The van der Waals surface area contributed by atoms with Crippen LogP contribution in [0.2, 0.25) is 0 Å². The van der Waals surface area contributed by atoms with Crippen LogP contribution in [0.15, 0.2) is 58.0 Å². The maximum Gasteiger partial charge on any atom is 0.234 e. The summed E-state index contributed by atoms with van der Waals surface area (Å²) in [6.45, 7) is 5.75. The summed E-state index contributed by atoms with van der Waals surface area (Å²) in [7, 11) is 3.21. The van der Waals surface area contributed by atoms with Crippen LogP contribution in [0.3, 0.4) is 0 Å². The Bertz CT molecular complexity index is 1200. The molecule has 3 N–H and O–H groups in total. The summed E-state index contributed by atoms with van der Waals surface area (Å²) in [4.78, 5) is 19.7. The molecule has 1 amide bonds. The van der Waals surface area contributed by atoms with Crippen LogP contribution >= 0.6 is 34.8 Å². The third kappa shape index (κ3) is 4.73. The lowest BCUT2D eigenvalue weighted by molar-refractivity contribution is -0.118. The Hall–Kier alpha value is -2.58. The van der Waals surface area contributed by atoms with Crippen molar-refractivity contribution in [2.75, 3.05) is 24.9 Å². The Morgan fingerprint density at radius 2 is 2.17 bits per heavy atom. The van der Waals surface area contributed by atoms with Crippen LogP contribution in [-0.4, -0.2) is 54.4 Å². The monoisotopic (exact) mass is 624 g/mol. The quantitative estimate of drug-likeness (QED) is 0.393. The van der Waals surface area contributed by atoms with Gasteiger partial charge in [0.25, 0.3) is 0 Å². The Morgan fingerprint density at radius 3 is 2.86 bits per heavy atom. The molecule has 0 saturated heterocycles. The van der Waals surface area contributed by atoms with E-state index in [1.165, 1.54) is 11.8 Å². The molecular weight excluding hydrogens is 595 g/mol. The predicted molar refractivity (Wildman–Crippen MR) is 151 cm³/mol. The zero-order valence-electron chi connectivity index (χ0n) is 20.7. The summed E-state index contributed by atoms with van der Waals surface area (Å²) in [5.74, 6) is 1.50. The molecule has 2 aliphatic heterocycles. The number of hydrogen-bond donors (Lipinski definition) is 3. The number of benzene rings is 1. The second-order valence-electron chi connectivity index (χ2n) is 8.95. The number of anilines is 1. The van der Waals surface area contributed by atoms with Crippen molar-refractivity contribution in [3.05, 3.63) is 47.9 Å². The maximum atomic E-state index is 13.0. The summed E-state index contributed by atoms with van der Waals surface area (Å²) in [5.41, 5.74) is 3.78. The molecule has 2 heterocycles. The minimum absolute atomic E-state index is 0.0805. The van der Waals surface area contributed by atoms with Gasteiger partial charge < -0.3 is 17.9 Å². The van der Waals surface area contributed by atoms with Crippen molar-refractivity contribution < 1.29 is 17.3 Å². The van der Waals surface area contributed by atoms with Crippen molar-refractivity contribution in [3.63, 3.8) is 0 Å². The van der Waals surface area contributed by atoms with Gasteiger partial charge in [-0.15, -0.1) is 0 Å². The Kier molecular flexibility index (Phi) is 7.67. The second kappa shape index (κ2) is 10.4. The normalized spacial score (nSPS) is 27.2. The smallest absolute Gasteiger partial charge is 0.234 e. The standard InChI is InChI=1S/C24H29IN6O4S/c1-14-24(3)20(26)31(15-7-6-8-16(11-15)33-4)22(28-21(24)30-29-14)36-13-19(32)27-18-12-17(35-25)9-10-23(18,2)34-5/h6-9,11-12,21,26,30H,10,13H2,1-5H3,(H,27,32). The highest BCUT2D eigenvalue weighted by Crippen LogP contribution is 2.40. The lowest BCUT2D eigenvalue weighted by Gasteiger charge is -2.41. The van der Waals surface area contributed by atoms with Gasteiger partial charge >= 0.3 is 0 Å². The number of ether oxygens (including phenoxy) is 2. The second-order valence-corrected chi connectivity index (χ2v) is 10.3. The van der Waals surface area contributed by atoms with E-state index in [9.17, 15) is 4.79 Å². The average Bonchev–Trinajstić information content (AvgIpc) is 3.18. The fraction of sp³-hybridized carbons (Fsp3) is 0.417. The summed E-state index contributed by atoms with van der Waals surface area (Å²) in [6, 6.07) is 7.44. The number of aliphatic imine (C=N–C) groups is 1. The molecule has 3 atom stereocenters. The first-order valence-electron chi connectivity index (χ1n) is 11.3. The molecule has 36 heavy (non-hydrogen) atoms. The van der Waals surface area contributed by atoms with E-state index < -0.39 is 17.2 Å². The summed E-state index contributed by atoms with van der Waals surface area (Å²) >= 11 is 3.07. The van der Waals surface area contributed by atoms with Gasteiger partial charge in [0.2, 0.25) is 5.91 Å². The number of carbonyl (C=O) groups is 1. The highest BCUT2D eigenvalue weighted by Gasteiger charge is 2.52. The molecule has 1 aromatic carbocycles. The lowest BCUT2D eigenvalue weighted by atomic mass is 9.80. The van der Waals surface area contributed by atoms with Crippen molar-refractivity contribution in [2.24, 2.45) is 15.5 Å². The zero-order chi connectivity index (χ0) is 26.1. The SMILES string of the molecule is COc1cccc(N2C(=N)C3(C)C(C)=NNC3N=C2SCC(=O)NC2=CC(OI)=CCC2(C)OC)c1. The first kappa shape index (κ1) is 26.5. The first-order valence-corrected chi connectivity index (χ1v) is 13.1. The average molecular weight is 625 g/mol. The number of thioether (sulfide) groups is 1. The van der Waals surface area contributed by atoms with Crippen LogP contribution in [0.4, 0.5) is 5.69 Å². The van der Waals surface area contributed by atoms with Gasteiger partial charge in [0.05, 0.1) is 30.0 Å². The van der Waals surface area contributed by atoms with E-state index in [-0.39, 0.29) is 11.7 Å². The van der Waals surface area contributed by atoms with Crippen LogP contribution in [0.25, 0.3) is 0 Å². The largest absolute Gasteiger partial charge is 0.497 e. The molecule has 1 aromatic rings. The predicted octanol–water partition coefficient (Wildman–Crippen LogP) is 3.95. The number of halogens is 1. The van der Waals surface area contributed by atoms with Gasteiger partial charge in [-0.3, -0.25) is 20.5 Å². The Morgan fingerprint density at radius 1 is 1.39 bits per heavy atom. The Balaban J connectivity index is 1.58. The van der Waals surface area contributed by atoms with E-state index in [4.69, 9.17) is 22.9 Å². The van der Waals surface area contributed by atoms with Gasteiger partial charge in [-0.05, 0) is 39.0 Å². The molecule has 0 saturated carbocycles. The van der Waals surface area contributed by atoms with Gasteiger partial charge in [-0.2, -0.15) is 5.10 Å². The highest BCUT2D eigenvalue weighted by atomic mass is 127. The number of fused-ring (bicyclic) bond motifs is 1. The molecule has 0 bridgehead atoms. The van der Waals surface area contributed by atoms with E-state index in [0.29, 0.717) is 34.6 Å². The zero-order valence-corrected chi connectivity index (χ0v) is 23.7. The molecule has 1 aliphatic carbocycles. The number of amides is 1. The molecule has 192 valence electrons. The number of allylic oxidation sites excluding steroid dienone is 1. The number of hydrazone groups is 1. The summed E-state index contributed by atoms with van der Waals surface area (Å²) in [6.07, 6.45) is 3.83. The molecular formula is C24H29IN6O4S. The molecule has 10 nitrogen and oxygen atoms in total. The molecule has 3 unspecified atom stereocenters. The number of amidine groups is 2. The van der Waals surface area contributed by atoms with E-state index in [2.05, 4.69) is 15.8 Å². The van der Waals surface area contributed by atoms with Gasteiger partial charge in [0, 0.05) is 25.7 Å². The molecule has 0 fully saturated rings. The molecule has 0 aromatic heterocycles. The lowest BCUT2D eigenvalue weighted by Crippen LogP contribution is -2.57. The Labute approximate surface area is 228 Å².